The largest absolute Gasteiger partial charge is 0.384 e. The van der Waals surface area contributed by atoms with E-state index in [-0.39, 0.29) is 0 Å². The standard InChI is InChI=1S/C14H13N5O/c1-19-7-6-16-13(19)12-17-14(20-18-12)10-3-2-9-4-5-15-11(9)8-10/h2-3,6-8,15H,4-5H2,1H3. The molecule has 6 heteroatoms. The molecule has 0 unspecified atom stereocenters. The van der Waals surface area contributed by atoms with Crippen molar-refractivity contribution in [1.29, 1.82) is 0 Å². The van der Waals surface area contributed by atoms with Gasteiger partial charge in [-0.25, -0.2) is 4.98 Å². The summed E-state index contributed by atoms with van der Waals surface area (Å²) in [7, 11) is 1.90. The summed E-state index contributed by atoms with van der Waals surface area (Å²) in [5.41, 5.74) is 3.41. The van der Waals surface area contributed by atoms with Crippen molar-refractivity contribution in [2.45, 2.75) is 6.42 Å². The van der Waals surface area contributed by atoms with Crippen molar-refractivity contribution in [2.24, 2.45) is 7.05 Å². The van der Waals surface area contributed by atoms with Gasteiger partial charge in [0, 0.05) is 37.2 Å². The molecule has 0 saturated carbocycles. The number of hydrogen-bond acceptors (Lipinski definition) is 5. The van der Waals surface area contributed by atoms with Gasteiger partial charge in [0.1, 0.15) is 0 Å². The summed E-state index contributed by atoms with van der Waals surface area (Å²) in [6.45, 7) is 0.987. The molecule has 0 saturated heterocycles. The lowest BCUT2D eigenvalue weighted by atomic mass is 10.1. The van der Waals surface area contributed by atoms with Gasteiger partial charge < -0.3 is 14.4 Å². The van der Waals surface area contributed by atoms with Gasteiger partial charge in [-0.15, -0.1) is 0 Å². The maximum atomic E-state index is 5.35. The van der Waals surface area contributed by atoms with Gasteiger partial charge in [0.05, 0.1) is 0 Å². The van der Waals surface area contributed by atoms with Crippen LogP contribution >= 0.6 is 0 Å². The zero-order valence-corrected chi connectivity index (χ0v) is 11.0. The van der Waals surface area contributed by atoms with Crippen molar-refractivity contribution in [1.82, 2.24) is 19.7 Å². The maximum Gasteiger partial charge on any atom is 0.258 e. The Balaban J connectivity index is 1.73. The lowest BCUT2D eigenvalue weighted by Crippen LogP contribution is -1.93. The predicted octanol–water partition coefficient (Wildman–Crippen LogP) is 2.11. The smallest absolute Gasteiger partial charge is 0.258 e. The van der Waals surface area contributed by atoms with Crippen LogP contribution in [-0.2, 0) is 13.5 Å². The highest BCUT2D eigenvalue weighted by molar-refractivity contribution is 5.67. The van der Waals surface area contributed by atoms with Gasteiger partial charge in [0.25, 0.3) is 5.89 Å². The van der Waals surface area contributed by atoms with Crippen LogP contribution in [0.5, 0.6) is 0 Å². The molecular formula is C14H13N5O. The van der Waals surface area contributed by atoms with Gasteiger partial charge in [-0.3, -0.25) is 0 Å². The van der Waals surface area contributed by atoms with E-state index >= 15 is 0 Å². The third-order valence-electron chi connectivity index (χ3n) is 3.51. The van der Waals surface area contributed by atoms with E-state index in [1.165, 1.54) is 5.56 Å². The summed E-state index contributed by atoms with van der Waals surface area (Å²) in [6.07, 6.45) is 4.63. The van der Waals surface area contributed by atoms with Crippen LogP contribution < -0.4 is 5.32 Å². The van der Waals surface area contributed by atoms with Crippen LogP contribution in [0.2, 0.25) is 0 Å². The van der Waals surface area contributed by atoms with Gasteiger partial charge in [-0.2, -0.15) is 4.98 Å². The molecule has 3 aromatic rings. The molecule has 6 nitrogen and oxygen atoms in total. The third kappa shape index (κ3) is 1.69. The second-order valence-electron chi connectivity index (χ2n) is 4.83. The molecule has 0 atom stereocenters. The van der Waals surface area contributed by atoms with Gasteiger partial charge >= 0.3 is 0 Å². The van der Waals surface area contributed by atoms with Gasteiger partial charge in [0.2, 0.25) is 5.82 Å². The molecule has 2 aromatic heterocycles. The van der Waals surface area contributed by atoms with Crippen molar-refractivity contribution in [2.75, 3.05) is 11.9 Å². The number of benzene rings is 1. The van der Waals surface area contributed by atoms with Gasteiger partial charge in [0.15, 0.2) is 5.82 Å². The number of hydrogen-bond donors (Lipinski definition) is 1. The summed E-state index contributed by atoms with van der Waals surface area (Å²) in [5.74, 6) is 1.71. The van der Waals surface area contributed by atoms with E-state index in [0.717, 1.165) is 24.2 Å². The maximum absolute atomic E-state index is 5.35. The summed E-state index contributed by atoms with van der Waals surface area (Å²) in [6, 6.07) is 6.18. The van der Waals surface area contributed by atoms with Gasteiger partial charge in [-0.1, -0.05) is 11.2 Å². The zero-order chi connectivity index (χ0) is 13.5. The highest BCUT2D eigenvalue weighted by atomic mass is 16.5. The Morgan fingerprint density at radius 2 is 2.30 bits per heavy atom. The quantitative estimate of drug-likeness (QED) is 0.770. The highest BCUT2D eigenvalue weighted by Gasteiger charge is 2.16. The Hall–Kier alpha value is -2.63. The number of imidazole rings is 1. The number of nitrogens with one attached hydrogen (secondary N) is 1. The van der Waals surface area contributed by atoms with Crippen LogP contribution in [-0.4, -0.2) is 26.2 Å². The van der Waals surface area contributed by atoms with Gasteiger partial charge in [-0.05, 0) is 24.1 Å². The molecule has 0 radical (unpaired) electrons. The van der Waals surface area contributed by atoms with Crippen molar-refractivity contribution < 1.29 is 4.52 Å². The van der Waals surface area contributed by atoms with E-state index in [2.05, 4.69) is 32.6 Å². The Bertz CT molecular complexity index is 773. The van der Waals surface area contributed by atoms with Crippen LogP contribution in [0.25, 0.3) is 23.1 Å². The fourth-order valence-electron chi connectivity index (χ4n) is 2.44. The topological polar surface area (TPSA) is 68.8 Å². The third-order valence-corrected chi connectivity index (χ3v) is 3.51. The molecule has 0 bridgehead atoms. The molecule has 20 heavy (non-hydrogen) atoms. The molecule has 1 aromatic carbocycles. The first kappa shape index (κ1) is 11.2. The highest BCUT2D eigenvalue weighted by Crippen LogP contribution is 2.28. The minimum absolute atomic E-state index is 0.501. The zero-order valence-electron chi connectivity index (χ0n) is 11.0. The van der Waals surface area contributed by atoms with Crippen LogP contribution in [0.3, 0.4) is 0 Å². The number of aromatic nitrogens is 4. The molecule has 1 aliphatic heterocycles. The van der Waals surface area contributed by atoms with Crippen molar-refractivity contribution in [3.8, 4) is 23.1 Å². The number of rotatable bonds is 2. The Morgan fingerprint density at radius 1 is 1.35 bits per heavy atom. The Kier molecular flexibility index (Phi) is 2.35. The first-order valence-corrected chi connectivity index (χ1v) is 6.50. The minimum atomic E-state index is 0.501. The number of fused-ring (bicyclic) bond motifs is 1. The fourth-order valence-corrected chi connectivity index (χ4v) is 2.44. The molecule has 1 aliphatic rings. The first-order chi connectivity index (χ1) is 9.81. The molecule has 100 valence electrons. The van der Waals surface area contributed by atoms with E-state index in [9.17, 15) is 0 Å². The van der Waals surface area contributed by atoms with E-state index in [1.54, 1.807) is 6.20 Å². The lowest BCUT2D eigenvalue weighted by molar-refractivity contribution is 0.431. The molecule has 0 spiro atoms. The Morgan fingerprint density at radius 3 is 3.15 bits per heavy atom. The second kappa shape index (κ2) is 4.19. The molecule has 0 amide bonds. The van der Waals surface area contributed by atoms with Crippen LogP contribution in [0.1, 0.15) is 5.56 Å². The molecule has 0 aliphatic carbocycles. The normalized spacial score (nSPS) is 13.2. The predicted molar refractivity (Wildman–Crippen MR) is 74.1 cm³/mol. The lowest BCUT2D eigenvalue weighted by Gasteiger charge is -2.00. The van der Waals surface area contributed by atoms with E-state index in [4.69, 9.17) is 4.52 Å². The summed E-state index contributed by atoms with van der Waals surface area (Å²) in [5, 5.41) is 7.35. The molecule has 3 heterocycles. The summed E-state index contributed by atoms with van der Waals surface area (Å²) >= 11 is 0. The average molecular weight is 267 g/mol. The molecule has 4 rings (SSSR count). The van der Waals surface area contributed by atoms with E-state index in [0.29, 0.717) is 17.5 Å². The summed E-state index contributed by atoms with van der Waals surface area (Å²) < 4.78 is 7.21. The van der Waals surface area contributed by atoms with Crippen LogP contribution in [0, 0.1) is 0 Å². The number of anilines is 1. The number of aryl methyl sites for hydroxylation is 1. The minimum Gasteiger partial charge on any atom is -0.384 e. The SMILES string of the molecule is Cn1ccnc1-c1noc(-c2ccc3c(c2)NCC3)n1. The second-order valence-corrected chi connectivity index (χ2v) is 4.83. The fraction of sp³-hybridized carbons (Fsp3) is 0.214. The van der Waals surface area contributed by atoms with Crippen LogP contribution in [0.15, 0.2) is 35.1 Å². The van der Waals surface area contributed by atoms with E-state index in [1.807, 2.05) is 23.9 Å². The van der Waals surface area contributed by atoms with Crippen molar-refractivity contribution in [3.05, 3.63) is 36.2 Å². The van der Waals surface area contributed by atoms with Crippen LogP contribution in [0.4, 0.5) is 5.69 Å². The van der Waals surface area contributed by atoms with Crippen molar-refractivity contribution >= 4 is 5.69 Å². The number of nitrogens with zero attached hydrogens (tertiary/aromatic N) is 4. The van der Waals surface area contributed by atoms with Crippen molar-refractivity contribution in [3.63, 3.8) is 0 Å². The van der Waals surface area contributed by atoms with E-state index < -0.39 is 0 Å². The molecule has 1 N–H and O–H groups in total. The molecular weight excluding hydrogens is 254 g/mol. The summed E-state index contributed by atoms with van der Waals surface area (Å²) in [4.78, 5) is 8.64. The first-order valence-electron chi connectivity index (χ1n) is 6.50. The Labute approximate surface area is 115 Å². The average Bonchev–Trinajstić information content (AvgIpc) is 3.17. The molecule has 0 fully saturated rings. The monoisotopic (exact) mass is 267 g/mol.